The Bertz CT molecular complexity index is 473. The van der Waals surface area contributed by atoms with Crippen LogP contribution in [0.4, 0.5) is 0 Å². The summed E-state index contributed by atoms with van der Waals surface area (Å²) in [5, 5.41) is 4.30. The molecule has 0 bridgehead atoms. The van der Waals surface area contributed by atoms with Gasteiger partial charge in [0.1, 0.15) is 0 Å². The third-order valence-electron chi connectivity index (χ3n) is 2.10. The number of hydrogen-bond donors (Lipinski definition) is 1. The van der Waals surface area contributed by atoms with Crippen molar-refractivity contribution in [3.8, 4) is 10.8 Å². The molecule has 0 aromatic carbocycles. The average Bonchev–Trinajstić information content (AvgIpc) is 2.75. The van der Waals surface area contributed by atoms with Crippen molar-refractivity contribution < 1.29 is 0 Å². The highest BCUT2D eigenvalue weighted by atomic mass is 32.1. The van der Waals surface area contributed by atoms with Gasteiger partial charge in [0, 0.05) is 35.6 Å². The van der Waals surface area contributed by atoms with E-state index in [1.165, 1.54) is 4.88 Å². The lowest BCUT2D eigenvalue weighted by molar-refractivity contribution is 0.426. The highest BCUT2D eigenvalue weighted by Gasteiger charge is 2.11. The first-order chi connectivity index (χ1) is 8.04. The maximum absolute atomic E-state index is 4.34. The number of nitrogens with zero attached hydrogens (tertiary/aromatic N) is 3. The van der Waals surface area contributed by atoms with Crippen LogP contribution in [-0.2, 0) is 6.54 Å². The summed E-state index contributed by atoms with van der Waals surface area (Å²) in [5.74, 6) is 0.694. The molecule has 0 atom stereocenters. The Hall–Kier alpha value is -1.33. The van der Waals surface area contributed by atoms with E-state index in [9.17, 15) is 0 Å². The highest BCUT2D eigenvalue weighted by molar-refractivity contribution is 7.14. The number of nitrogens with one attached hydrogen (secondary N) is 1. The second-order valence-electron chi connectivity index (χ2n) is 4.81. The number of hydrogen-bond acceptors (Lipinski definition) is 5. The Morgan fingerprint density at radius 3 is 2.53 bits per heavy atom. The van der Waals surface area contributed by atoms with E-state index in [1.54, 1.807) is 29.8 Å². The molecular weight excluding hydrogens is 232 g/mol. The van der Waals surface area contributed by atoms with E-state index in [-0.39, 0.29) is 5.54 Å². The summed E-state index contributed by atoms with van der Waals surface area (Å²) in [7, 11) is 0. The first-order valence-corrected chi connectivity index (χ1v) is 6.33. The molecule has 0 unspecified atom stereocenters. The fraction of sp³-hybridized carbons (Fsp3) is 0.417. The Balaban J connectivity index is 2.07. The lowest BCUT2D eigenvalue weighted by Crippen LogP contribution is -2.34. The van der Waals surface area contributed by atoms with E-state index in [4.69, 9.17) is 0 Å². The van der Waals surface area contributed by atoms with Gasteiger partial charge < -0.3 is 5.32 Å². The van der Waals surface area contributed by atoms with Crippen molar-refractivity contribution in [2.45, 2.75) is 32.9 Å². The van der Waals surface area contributed by atoms with Gasteiger partial charge in [-0.3, -0.25) is 0 Å². The smallest absolute Gasteiger partial charge is 0.188 e. The van der Waals surface area contributed by atoms with E-state index in [0.29, 0.717) is 5.82 Å². The molecule has 0 spiro atoms. The maximum Gasteiger partial charge on any atom is 0.188 e. The van der Waals surface area contributed by atoms with E-state index in [1.807, 2.05) is 6.20 Å². The number of rotatable bonds is 3. The molecule has 17 heavy (non-hydrogen) atoms. The second kappa shape index (κ2) is 4.89. The maximum atomic E-state index is 4.34. The normalized spacial score (nSPS) is 11.7. The third kappa shape index (κ3) is 3.57. The van der Waals surface area contributed by atoms with Crippen molar-refractivity contribution in [3.05, 3.63) is 29.5 Å². The first kappa shape index (κ1) is 12.1. The van der Waals surface area contributed by atoms with Crippen LogP contribution < -0.4 is 5.32 Å². The van der Waals surface area contributed by atoms with Gasteiger partial charge in [-0.2, -0.15) is 0 Å². The molecule has 4 nitrogen and oxygen atoms in total. The summed E-state index contributed by atoms with van der Waals surface area (Å²) in [6.07, 6.45) is 5.35. The van der Waals surface area contributed by atoms with Crippen LogP contribution in [0.3, 0.4) is 0 Å². The van der Waals surface area contributed by atoms with Crippen molar-refractivity contribution in [2.75, 3.05) is 0 Å². The van der Waals surface area contributed by atoms with E-state index in [0.717, 1.165) is 11.6 Å². The van der Waals surface area contributed by atoms with Gasteiger partial charge in [0.25, 0.3) is 0 Å². The summed E-state index contributed by atoms with van der Waals surface area (Å²) in [6.45, 7) is 7.27. The van der Waals surface area contributed by atoms with Crippen LogP contribution >= 0.6 is 11.3 Å². The monoisotopic (exact) mass is 248 g/mol. The Kier molecular flexibility index (Phi) is 3.49. The van der Waals surface area contributed by atoms with Crippen molar-refractivity contribution >= 4 is 11.3 Å². The van der Waals surface area contributed by atoms with Crippen LogP contribution in [0.5, 0.6) is 0 Å². The zero-order valence-corrected chi connectivity index (χ0v) is 11.1. The predicted octanol–water partition coefficient (Wildman–Crippen LogP) is 2.49. The Morgan fingerprint density at radius 2 is 1.88 bits per heavy atom. The fourth-order valence-electron chi connectivity index (χ4n) is 1.25. The van der Waals surface area contributed by atoms with Gasteiger partial charge in [-0.15, -0.1) is 11.3 Å². The lowest BCUT2D eigenvalue weighted by atomic mass is 10.1. The van der Waals surface area contributed by atoms with Crippen LogP contribution in [0.25, 0.3) is 10.8 Å². The van der Waals surface area contributed by atoms with Gasteiger partial charge in [0.05, 0.1) is 0 Å². The summed E-state index contributed by atoms with van der Waals surface area (Å²) >= 11 is 1.63. The minimum atomic E-state index is 0.118. The highest BCUT2D eigenvalue weighted by Crippen LogP contribution is 2.21. The Labute approximate surface area is 105 Å². The molecule has 2 heterocycles. The van der Waals surface area contributed by atoms with Crippen LogP contribution in [-0.4, -0.2) is 20.5 Å². The molecular formula is C12H16N4S. The van der Waals surface area contributed by atoms with Crippen LogP contribution in [0, 0.1) is 0 Å². The number of aromatic nitrogens is 3. The molecule has 0 amide bonds. The van der Waals surface area contributed by atoms with Gasteiger partial charge in [0.2, 0.25) is 0 Å². The molecule has 0 aliphatic rings. The third-order valence-corrected chi connectivity index (χ3v) is 3.10. The standard InChI is InChI=1S/C12H16N4S/c1-12(2,3)16-8-9-7-15-11(17-9)10-13-5-4-6-14-10/h4-7,16H,8H2,1-3H3. The van der Waals surface area contributed by atoms with E-state index >= 15 is 0 Å². The molecule has 5 heteroatoms. The van der Waals surface area contributed by atoms with Gasteiger partial charge in [-0.25, -0.2) is 15.0 Å². The SMILES string of the molecule is CC(C)(C)NCc1cnc(-c2ncccn2)s1. The van der Waals surface area contributed by atoms with Gasteiger partial charge in [-0.05, 0) is 26.8 Å². The molecule has 2 aromatic rings. The molecule has 0 fully saturated rings. The fourth-order valence-corrected chi connectivity index (χ4v) is 2.05. The zero-order chi connectivity index (χ0) is 12.3. The van der Waals surface area contributed by atoms with Gasteiger partial charge >= 0.3 is 0 Å². The van der Waals surface area contributed by atoms with Crippen molar-refractivity contribution in [1.29, 1.82) is 0 Å². The molecule has 2 rings (SSSR count). The average molecular weight is 248 g/mol. The van der Waals surface area contributed by atoms with Crippen LogP contribution in [0.2, 0.25) is 0 Å². The Morgan fingerprint density at radius 1 is 1.18 bits per heavy atom. The topological polar surface area (TPSA) is 50.7 Å². The summed E-state index contributed by atoms with van der Waals surface area (Å²) in [4.78, 5) is 13.9. The molecule has 0 aliphatic heterocycles. The van der Waals surface area contributed by atoms with Gasteiger partial charge in [0.15, 0.2) is 10.8 Å². The molecule has 0 aliphatic carbocycles. The minimum absolute atomic E-state index is 0.118. The largest absolute Gasteiger partial charge is 0.307 e. The quantitative estimate of drug-likeness (QED) is 0.906. The molecule has 1 N–H and O–H groups in total. The van der Waals surface area contributed by atoms with Crippen LogP contribution in [0.1, 0.15) is 25.6 Å². The van der Waals surface area contributed by atoms with Crippen molar-refractivity contribution in [2.24, 2.45) is 0 Å². The summed E-state index contributed by atoms with van der Waals surface area (Å²) in [5.41, 5.74) is 0.118. The zero-order valence-electron chi connectivity index (χ0n) is 10.3. The van der Waals surface area contributed by atoms with E-state index in [2.05, 4.69) is 41.0 Å². The minimum Gasteiger partial charge on any atom is -0.307 e. The molecule has 0 saturated heterocycles. The molecule has 2 aromatic heterocycles. The van der Waals surface area contributed by atoms with Crippen LogP contribution in [0.15, 0.2) is 24.7 Å². The summed E-state index contributed by atoms with van der Waals surface area (Å²) in [6, 6.07) is 1.80. The summed E-state index contributed by atoms with van der Waals surface area (Å²) < 4.78 is 0. The predicted molar refractivity (Wildman–Crippen MR) is 69.7 cm³/mol. The molecule has 0 saturated carbocycles. The van der Waals surface area contributed by atoms with Gasteiger partial charge in [-0.1, -0.05) is 0 Å². The first-order valence-electron chi connectivity index (χ1n) is 5.52. The second-order valence-corrected chi connectivity index (χ2v) is 5.92. The van der Waals surface area contributed by atoms with Crippen molar-refractivity contribution in [1.82, 2.24) is 20.3 Å². The molecule has 0 radical (unpaired) electrons. The van der Waals surface area contributed by atoms with E-state index < -0.39 is 0 Å². The molecule has 90 valence electrons. The van der Waals surface area contributed by atoms with Crippen molar-refractivity contribution in [3.63, 3.8) is 0 Å². The number of thiazole rings is 1. The lowest BCUT2D eigenvalue weighted by Gasteiger charge is -2.19.